The average molecular weight is 344 g/mol. The van der Waals surface area contributed by atoms with E-state index < -0.39 is 0 Å². The molecule has 0 unspecified atom stereocenters. The van der Waals surface area contributed by atoms with Crippen molar-refractivity contribution in [1.82, 2.24) is 15.1 Å². The van der Waals surface area contributed by atoms with Crippen molar-refractivity contribution in [3.63, 3.8) is 0 Å². The van der Waals surface area contributed by atoms with Crippen molar-refractivity contribution >= 4 is 17.6 Å². The van der Waals surface area contributed by atoms with Crippen LogP contribution in [0.5, 0.6) is 0 Å². The molecule has 2 fully saturated rings. The summed E-state index contributed by atoms with van der Waals surface area (Å²) >= 11 is 0. The number of nitrogens with zero attached hydrogens (tertiary/aromatic N) is 2. The first-order valence-corrected chi connectivity index (χ1v) is 9.15. The van der Waals surface area contributed by atoms with Crippen LogP contribution in [0.4, 0.5) is 10.5 Å². The van der Waals surface area contributed by atoms with Crippen molar-refractivity contribution in [2.45, 2.75) is 31.7 Å². The third-order valence-electron chi connectivity index (χ3n) is 5.08. The molecule has 0 radical (unpaired) electrons. The van der Waals surface area contributed by atoms with E-state index in [2.05, 4.69) is 29.6 Å². The molecule has 25 heavy (non-hydrogen) atoms. The molecule has 1 aliphatic heterocycles. The Morgan fingerprint density at radius 3 is 2.36 bits per heavy atom. The molecule has 1 saturated carbocycles. The van der Waals surface area contributed by atoms with Crippen LogP contribution >= 0.6 is 0 Å². The number of hydrogen-bond acceptors (Lipinski definition) is 3. The van der Waals surface area contributed by atoms with Gasteiger partial charge in [0.2, 0.25) is 0 Å². The standard InChI is InChI=1S/C19H28N4O2/c1-22(2)17(14-5-6-14)13-20-19(25)21-16-9-7-15(8-10-16)18(24)23-11-3-4-12-23/h7-10,14,17H,3-6,11-13H2,1-2H3,(H2,20,21,25)/t17-/m0/s1. The highest BCUT2D eigenvalue weighted by Crippen LogP contribution is 2.34. The summed E-state index contributed by atoms with van der Waals surface area (Å²) in [7, 11) is 4.11. The summed E-state index contributed by atoms with van der Waals surface area (Å²) in [5, 5.41) is 5.79. The molecule has 0 spiro atoms. The summed E-state index contributed by atoms with van der Waals surface area (Å²) in [5.41, 5.74) is 1.37. The molecule has 1 aromatic carbocycles. The number of carbonyl (C=O) groups is 2. The second kappa shape index (κ2) is 7.87. The van der Waals surface area contributed by atoms with Gasteiger partial charge in [-0.15, -0.1) is 0 Å². The van der Waals surface area contributed by atoms with Gasteiger partial charge in [0.15, 0.2) is 0 Å². The molecule has 1 heterocycles. The number of amides is 3. The Morgan fingerprint density at radius 2 is 1.80 bits per heavy atom. The number of likely N-dealkylation sites (N-methyl/N-ethyl adjacent to an activating group) is 1. The summed E-state index contributed by atoms with van der Waals surface area (Å²) in [4.78, 5) is 28.5. The minimum absolute atomic E-state index is 0.0757. The van der Waals surface area contributed by atoms with Gasteiger partial charge in [-0.05, 0) is 70.0 Å². The Bertz CT molecular complexity index is 602. The quantitative estimate of drug-likeness (QED) is 0.833. The molecule has 1 aliphatic carbocycles. The average Bonchev–Trinajstić information content (AvgIpc) is 3.27. The number of nitrogens with one attached hydrogen (secondary N) is 2. The predicted molar refractivity (Wildman–Crippen MR) is 98.8 cm³/mol. The molecule has 3 rings (SSSR count). The lowest BCUT2D eigenvalue weighted by molar-refractivity contribution is 0.0793. The van der Waals surface area contributed by atoms with Crippen LogP contribution < -0.4 is 10.6 Å². The first-order chi connectivity index (χ1) is 12.0. The van der Waals surface area contributed by atoms with Crippen molar-refractivity contribution in [3.8, 4) is 0 Å². The molecule has 1 atom stereocenters. The smallest absolute Gasteiger partial charge is 0.319 e. The lowest BCUT2D eigenvalue weighted by Gasteiger charge is -2.24. The summed E-state index contributed by atoms with van der Waals surface area (Å²) in [6.07, 6.45) is 4.66. The maximum absolute atomic E-state index is 12.3. The van der Waals surface area contributed by atoms with Gasteiger partial charge in [-0.1, -0.05) is 0 Å². The van der Waals surface area contributed by atoms with Crippen LogP contribution in [-0.2, 0) is 0 Å². The Morgan fingerprint density at radius 1 is 1.16 bits per heavy atom. The highest BCUT2D eigenvalue weighted by molar-refractivity contribution is 5.95. The van der Waals surface area contributed by atoms with Crippen LogP contribution in [-0.4, -0.2) is 61.5 Å². The first-order valence-electron chi connectivity index (χ1n) is 9.15. The second-order valence-electron chi connectivity index (χ2n) is 7.28. The molecule has 6 nitrogen and oxygen atoms in total. The van der Waals surface area contributed by atoms with Gasteiger partial charge in [0.25, 0.3) is 5.91 Å². The Balaban J connectivity index is 1.48. The van der Waals surface area contributed by atoms with Crippen molar-refractivity contribution in [2.75, 3.05) is 39.0 Å². The van der Waals surface area contributed by atoms with E-state index >= 15 is 0 Å². The van der Waals surface area contributed by atoms with Gasteiger partial charge in [-0.25, -0.2) is 4.79 Å². The molecular weight excluding hydrogens is 316 g/mol. The van der Waals surface area contributed by atoms with E-state index in [1.807, 2.05) is 4.90 Å². The summed E-state index contributed by atoms with van der Waals surface area (Å²) in [5.74, 6) is 0.776. The molecule has 2 N–H and O–H groups in total. The molecule has 1 aromatic rings. The zero-order chi connectivity index (χ0) is 17.8. The van der Waals surface area contributed by atoms with Gasteiger partial charge in [-0.3, -0.25) is 4.79 Å². The van der Waals surface area contributed by atoms with Crippen molar-refractivity contribution in [2.24, 2.45) is 5.92 Å². The van der Waals surface area contributed by atoms with E-state index in [-0.39, 0.29) is 11.9 Å². The van der Waals surface area contributed by atoms with Gasteiger partial charge in [0.1, 0.15) is 0 Å². The largest absolute Gasteiger partial charge is 0.339 e. The number of rotatable bonds is 6. The summed E-state index contributed by atoms with van der Waals surface area (Å²) in [6, 6.07) is 7.32. The first kappa shape index (κ1) is 17.7. The van der Waals surface area contributed by atoms with E-state index in [0.29, 0.717) is 29.8 Å². The number of benzene rings is 1. The van der Waals surface area contributed by atoms with E-state index in [1.165, 1.54) is 12.8 Å². The Kier molecular flexibility index (Phi) is 5.58. The Labute approximate surface area is 149 Å². The van der Waals surface area contributed by atoms with Crippen LogP contribution in [0, 0.1) is 5.92 Å². The number of carbonyl (C=O) groups excluding carboxylic acids is 2. The van der Waals surface area contributed by atoms with E-state index in [1.54, 1.807) is 24.3 Å². The van der Waals surface area contributed by atoms with E-state index in [4.69, 9.17) is 0 Å². The number of likely N-dealkylation sites (tertiary alicyclic amines) is 1. The van der Waals surface area contributed by atoms with Crippen LogP contribution in [0.25, 0.3) is 0 Å². The molecule has 3 amide bonds. The second-order valence-corrected chi connectivity index (χ2v) is 7.28. The molecule has 0 bridgehead atoms. The van der Waals surface area contributed by atoms with Crippen molar-refractivity contribution in [3.05, 3.63) is 29.8 Å². The van der Waals surface area contributed by atoms with Gasteiger partial charge >= 0.3 is 6.03 Å². The predicted octanol–water partition coefficient (Wildman–Crippen LogP) is 2.38. The fourth-order valence-corrected chi connectivity index (χ4v) is 3.42. The minimum Gasteiger partial charge on any atom is -0.339 e. The van der Waals surface area contributed by atoms with Crippen LogP contribution in [0.2, 0.25) is 0 Å². The highest BCUT2D eigenvalue weighted by Gasteiger charge is 2.32. The summed E-state index contributed by atoms with van der Waals surface area (Å²) < 4.78 is 0. The Hall–Kier alpha value is -2.08. The van der Waals surface area contributed by atoms with Gasteiger partial charge in [0, 0.05) is 36.9 Å². The highest BCUT2D eigenvalue weighted by atomic mass is 16.2. The molecule has 136 valence electrons. The van der Waals surface area contributed by atoms with Crippen molar-refractivity contribution in [1.29, 1.82) is 0 Å². The molecule has 1 saturated heterocycles. The molecule has 6 heteroatoms. The third-order valence-corrected chi connectivity index (χ3v) is 5.08. The molecular formula is C19H28N4O2. The topological polar surface area (TPSA) is 64.7 Å². The fourth-order valence-electron chi connectivity index (χ4n) is 3.42. The van der Waals surface area contributed by atoms with Crippen molar-refractivity contribution < 1.29 is 9.59 Å². The van der Waals surface area contributed by atoms with Crippen LogP contribution in [0.3, 0.4) is 0 Å². The molecule has 0 aromatic heterocycles. The van der Waals surface area contributed by atoms with Crippen LogP contribution in [0.15, 0.2) is 24.3 Å². The third kappa shape index (κ3) is 4.72. The maximum atomic E-state index is 12.3. The monoisotopic (exact) mass is 344 g/mol. The SMILES string of the molecule is CN(C)[C@@H](CNC(=O)Nc1ccc(C(=O)N2CCCC2)cc1)C1CC1. The van der Waals surface area contributed by atoms with Gasteiger partial charge in [0.05, 0.1) is 0 Å². The van der Waals surface area contributed by atoms with E-state index in [9.17, 15) is 9.59 Å². The maximum Gasteiger partial charge on any atom is 0.319 e. The summed E-state index contributed by atoms with van der Waals surface area (Å²) in [6.45, 7) is 2.33. The molecule has 2 aliphatic rings. The zero-order valence-corrected chi connectivity index (χ0v) is 15.1. The fraction of sp³-hybridized carbons (Fsp3) is 0.579. The minimum atomic E-state index is -0.203. The number of hydrogen-bond donors (Lipinski definition) is 2. The van der Waals surface area contributed by atoms with Gasteiger partial charge in [-0.2, -0.15) is 0 Å². The normalized spacial score (nSPS) is 18.3. The zero-order valence-electron chi connectivity index (χ0n) is 15.1. The number of urea groups is 1. The lowest BCUT2D eigenvalue weighted by Crippen LogP contribution is -2.43. The van der Waals surface area contributed by atoms with E-state index in [0.717, 1.165) is 25.9 Å². The lowest BCUT2D eigenvalue weighted by atomic mass is 10.1. The number of anilines is 1. The van der Waals surface area contributed by atoms with Gasteiger partial charge < -0.3 is 20.4 Å². The van der Waals surface area contributed by atoms with Crippen LogP contribution in [0.1, 0.15) is 36.0 Å².